The molecule has 2 aliphatic rings. The van der Waals surface area contributed by atoms with E-state index < -0.39 is 0 Å². The summed E-state index contributed by atoms with van der Waals surface area (Å²) in [6, 6.07) is 10.7. The van der Waals surface area contributed by atoms with E-state index in [1.54, 1.807) is 30.5 Å². The van der Waals surface area contributed by atoms with Crippen LogP contribution < -0.4 is 10.6 Å². The molecule has 0 radical (unpaired) electrons. The molecule has 1 aromatic carbocycles. The molecule has 4 rings (SSSR count). The maximum Gasteiger partial charge on any atom is 0.253 e. The van der Waals surface area contributed by atoms with Gasteiger partial charge in [0.15, 0.2) is 0 Å². The summed E-state index contributed by atoms with van der Waals surface area (Å²) in [7, 11) is 0. The lowest BCUT2D eigenvalue weighted by atomic mass is 9.86. The highest BCUT2D eigenvalue weighted by molar-refractivity contribution is 6.03. The number of rotatable bonds is 6. The number of amides is 2. The third kappa shape index (κ3) is 3.66. The molecule has 2 bridgehead atoms. The minimum atomic E-state index is -0.225. The molecule has 0 saturated heterocycles. The van der Waals surface area contributed by atoms with Crippen molar-refractivity contribution in [2.75, 3.05) is 5.32 Å². The highest BCUT2D eigenvalue weighted by Crippen LogP contribution is 2.49. The summed E-state index contributed by atoms with van der Waals surface area (Å²) in [6.45, 7) is 0.319. The van der Waals surface area contributed by atoms with Crippen molar-refractivity contribution in [3.05, 3.63) is 54.0 Å². The van der Waals surface area contributed by atoms with E-state index in [2.05, 4.69) is 10.6 Å². The van der Waals surface area contributed by atoms with Gasteiger partial charge in [-0.15, -0.1) is 0 Å². The molecule has 3 unspecified atom stereocenters. The van der Waals surface area contributed by atoms with Crippen molar-refractivity contribution in [3.63, 3.8) is 0 Å². The van der Waals surface area contributed by atoms with Crippen molar-refractivity contribution in [1.29, 1.82) is 0 Å². The van der Waals surface area contributed by atoms with E-state index >= 15 is 0 Å². The Morgan fingerprint density at radius 3 is 2.69 bits per heavy atom. The SMILES string of the molecule is O=C(CC1CC2CCC1C2)Nc1ccccc1C(=O)NCc1ccco1. The fraction of sp³-hybridized carbons (Fsp3) is 0.429. The number of anilines is 1. The zero-order valence-corrected chi connectivity index (χ0v) is 14.7. The molecule has 2 aromatic rings. The normalized spacial score (nSPS) is 23.8. The first-order chi connectivity index (χ1) is 12.7. The van der Waals surface area contributed by atoms with E-state index in [4.69, 9.17) is 4.42 Å². The van der Waals surface area contributed by atoms with E-state index in [0.717, 1.165) is 11.8 Å². The molecule has 2 aliphatic carbocycles. The smallest absolute Gasteiger partial charge is 0.253 e. The Kier molecular flexibility index (Phi) is 4.78. The van der Waals surface area contributed by atoms with Crippen LogP contribution >= 0.6 is 0 Å². The first kappa shape index (κ1) is 16.9. The molecule has 2 fully saturated rings. The fourth-order valence-electron chi connectivity index (χ4n) is 4.53. The Bertz CT molecular complexity index is 784. The summed E-state index contributed by atoms with van der Waals surface area (Å²) in [6.07, 6.45) is 7.22. The second-order valence-corrected chi connectivity index (χ2v) is 7.49. The highest BCUT2D eigenvalue weighted by Gasteiger charge is 2.40. The minimum absolute atomic E-state index is 0.00818. The number of carbonyl (C=O) groups excluding carboxylic acids is 2. The zero-order valence-electron chi connectivity index (χ0n) is 14.7. The van der Waals surface area contributed by atoms with Gasteiger partial charge in [0.1, 0.15) is 5.76 Å². The zero-order chi connectivity index (χ0) is 17.9. The highest BCUT2D eigenvalue weighted by atomic mass is 16.3. The molecular formula is C21H24N2O3. The fourth-order valence-corrected chi connectivity index (χ4v) is 4.53. The first-order valence-electron chi connectivity index (χ1n) is 9.38. The summed E-state index contributed by atoms with van der Waals surface area (Å²) >= 11 is 0. The topological polar surface area (TPSA) is 71.3 Å². The summed E-state index contributed by atoms with van der Waals surface area (Å²) in [5.74, 6) is 2.53. The number of carbonyl (C=O) groups is 2. The number of benzene rings is 1. The summed E-state index contributed by atoms with van der Waals surface area (Å²) in [5.41, 5.74) is 1.04. The quantitative estimate of drug-likeness (QED) is 0.826. The van der Waals surface area contributed by atoms with Gasteiger partial charge in [0.05, 0.1) is 24.1 Å². The summed E-state index contributed by atoms with van der Waals surface area (Å²) in [4.78, 5) is 25.0. The van der Waals surface area contributed by atoms with E-state index in [0.29, 0.717) is 35.9 Å². The third-order valence-corrected chi connectivity index (χ3v) is 5.78. The predicted molar refractivity (Wildman–Crippen MR) is 98.5 cm³/mol. The second-order valence-electron chi connectivity index (χ2n) is 7.49. The van der Waals surface area contributed by atoms with Crippen LogP contribution in [0.2, 0.25) is 0 Å². The van der Waals surface area contributed by atoms with E-state index in [-0.39, 0.29) is 11.8 Å². The molecule has 1 aromatic heterocycles. The van der Waals surface area contributed by atoms with Crippen molar-refractivity contribution in [2.45, 2.75) is 38.6 Å². The molecule has 26 heavy (non-hydrogen) atoms. The molecule has 5 heteroatoms. The first-order valence-corrected chi connectivity index (χ1v) is 9.38. The number of hydrogen-bond donors (Lipinski definition) is 2. The monoisotopic (exact) mass is 352 g/mol. The van der Waals surface area contributed by atoms with Gasteiger partial charge in [-0.3, -0.25) is 9.59 Å². The standard InChI is InChI=1S/C21H24N2O3/c24-20(12-16-11-14-7-8-15(16)10-14)23-19-6-2-1-5-18(19)21(25)22-13-17-4-3-9-26-17/h1-6,9,14-16H,7-8,10-13H2,(H,22,25)(H,23,24). The van der Waals surface area contributed by atoms with Crippen LogP contribution in [0.1, 0.15) is 48.2 Å². The molecule has 5 nitrogen and oxygen atoms in total. The van der Waals surface area contributed by atoms with Crippen LogP contribution in [-0.2, 0) is 11.3 Å². The lowest BCUT2D eigenvalue weighted by Gasteiger charge is -2.21. The van der Waals surface area contributed by atoms with Gasteiger partial charge in [-0.25, -0.2) is 0 Å². The van der Waals surface area contributed by atoms with E-state index in [1.165, 1.54) is 25.7 Å². The van der Waals surface area contributed by atoms with Gasteiger partial charge in [0, 0.05) is 6.42 Å². The van der Waals surface area contributed by atoms with Crippen LogP contribution in [0.25, 0.3) is 0 Å². The van der Waals surface area contributed by atoms with Crippen LogP contribution in [0.3, 0.4) is 0 Å². The third-order valence-electron chi connectivity index (χ3n) is 5.78. The van der Waals surface area contributed by atoms with Crippen LogP contribution in [0.15, 0.2) is 47.1 Å². The molecule has 0 spiro atoms. The van der Waals surface area contributed by atoms with Gasteiger partial charge >= 0.3 is 0 Å². The molecule has 2 amide bonds. The minimum Gasteiger partial charge on any atom is -0.467 e. The second kappa shape index (κ2) is 7.36. The van der Waals surface area contributed by atoms with Crippen molar-refractivity contribution in [3.8, 4) is 0 Å². The average Bonchev–Trinajstić information content (AvgIpc) is 3.38. The predicted octanol–water partition coefficient (Wildman–Crippen LogP) is 3.97. The Hall–Kier alpha value is -2.56. The molecule has 136 valence electrons. The van der Waals surface area contributed by atoms with Crippen molar-refractivity contribution >= 4 is 17.5 Å². The van der Waals surface area contributed by atoms with E-state index in [9.17, 15) is 9.59 Å². The molecular weight excluding hydrogens is 328 g/mol. The molecule has 3 atom stereocenters. The Morgan fingerprint density at radius 2 is 1.96 bits per heavy atom. The maximum atomic E-state index is 12.5. The number of nitrogens with one attached hydrogen (secondary N) is 2. The lowest BCUT2D eigenvalue weighted by Crippen LogP contribution is -2.25. The summed E-state index contributed by atoms with van der Waals surface area (Å²) in [5, 5.41) is 5.77. The van der Waals surface area contributed by atoms with Gasteiger partial charge in [0.2, 0.25) is 5.91 Å². The average molecular weight is 352 g/mol. The molecule has 1 heterocycles. The number of hydrogen-bond acceptors (Lipinski definition) is 3. The van der Waals surface area contributed by atoms with Gasteiger partial charge in [-0.05, 0) is 61.3 Å². The van der Waals surface area contributed by atoms with Crippen LogP contribution in [0, 0.1) is 17.8 Å². The van der Waals surface area contributed by atoms with Gasteiger partial charge in [-0.2, -0.15) is 0 Å². The maximum absolute atomic E-state index is 12.5. The summed E-state index contributed by atoms with van der Waals surface area (Å²) < 4.78 is 5.23. The Balaban J connectivity index is 1.37. The molecule has 0 aliphatic heterocycles. The molecule has 2 saturated carbocycles. The lowest BCUT2D eigenvalue weighted by molar-refractivity contribution is -0.117. The van der Waals surface area contributed by atoms with Gasteiger partial charge in [-0.1, -0.05) is 18.6 Å². The van der Waals surface area contributed by atoms with Crippen LogP contribution in [0.4, 0.5) is 5.69 Å². The Labute approximate surface area is 153 Å². The molecule has 2 N–H and O–H groups in total. The number of fused-ring (bicyclic) bond motifs is 2. The number of para-hydroxylation sites is 1. The van der Waals surface area contributed by atoms with Crippen molar-refractivity contribution in [2.24, 2.45) is 17.8 Å². The van der Waals surface area contributed by atoms with Crippen molar-refractivity contribution in [1.82, 2.24) is 5.32 Å². The van der Waals surface area contributed by atoms with E-state index in [1.807, 2.05) is 12.1 Å². The van der Waals surface area contributed by atoms with Gasteiger partial charge < -0.3 is 15.1 Å². The van der Waals surface area contributed by atoms with Crippen LogP contribution in [-0.4, -0.2) is 11.8 Å². The largest absolute Gasteiger partial charge is 0.467 e. The van der Waals surface area contributed by atoms with Crippen molar-refractivity contribution < 1.29 is 14.0 Å². The van der Waals surface area contributed by atoms with Crippen LogP contribution in [0.5, 0.6) is 0 Å². The number of furan rings is 1. The van der Waals surface area contributed by atoms with Gasteiger partial charge in [0.25, 0.3) is 5.91 Å². The Morgan fingerprint density at radius 1 is 1.08 bits per heavy atom.